The molecule has 0 aliphatic heterocycles. The number of carbonyl (C=O) groups excluding carboxylic acids is 1. The van der Waals surface area contributed by atoms with Crippen molar-refractivity contribution in [3.63, 3.8) is 0 Å². The number of nitrogens with zero attached hydrogens (tertiary/aromatic N) is 2. The molecule has 1 unspecified atom stereocenters. The van der Waals surface area contributed by atoms with Gasteiger partial charge in [0.2, 0.25) is 5.91 Å². The summed E-state index contributed by atoms with van der Waals surface area (Å²) in [6, 6.07) is 12.6. The van der Waals surface area contributed by atoms with Crippen molar-refractivity contribution in [2.75, 3.05) is 6.61 Å². The largest absolute Gasteiger partial charge is 0.483 e. The van der Waals surface area contributed by atoms with E-state index in [1.807, 2.05) is 36.5 Å². The first kappa shape index (κ1) is 20.1. The quantitative estimate of drug-likeness (QED) is 0.642. The van der Waals surface area contributed by atoms with E-state index in [-0.39, 0.29) is 29.5 Å². The molecule has 1 saturated carbocycles. The SMILES string of the molecule is CC(NC(=O)[C@@H]1C[C@H]1c1cc2ccccc2cn1)c1ccc(OCC(F)(F)F)cn1. The summed E-state index contributed by atoms with van der Waals surface area (Å²) in [6.45, 7) is 0.411. The highest BCUT2D eigenvalue weighted by molar-refractivity contribution is 5.85. The van der Waals surface area contributed by atoms with Crippen molar-refractivity contribution in [1.29, 1.82) is 0 Å². The lowest BCUT2D eigenvalue weighted by Gasteiger charge is -2.14. The molecule has 8 heteroatoms. The minimum absolute atomic E-state index is 0.0271. The summed E-state index contributed by atoms with van der Waals surface area (Å²) in [6.07, 6.45) is -0.613. The van der Waals surface area contributed by atoms with Crippen LogP contribution < -0.4 is 10.1 Å². The van der Waals surface area contributed by atoms with Crippen LogP contribution in [0, 0.1) is 5.92 Å². The van der Waals surface area contributed by atoms with Crippen LogP contribution >= 0.6 is 0 Å². The molecule has 0 radical (unpaired) electrons. The van der Waals surface area contributed by atoms with Gasteiger partial charge in [-0.1, -0.05) is 24.3 Å². The van der Waals surface area contributed by atoms with Gasteiger partial charge in [0.15, 0.2) is 6.61 Å². The van der Waals surface area contributed by atoms with E-state index in [4.69, 9.17) is 0 Å². The molecule has 1 amide bonds. The summed E-state index contributed by atoms with van der Waals surface area (Å²) in [5.74, 6) is -0.107. The Kier molecular flexibility index (Phi) is 5.32. The Balaban J connectivity index is 1.33. The number of benzene rings is 1. The highest BCUT2D eigenvalue weighted by Gasteiger charge is 2.45. The Bertz CT molecular complexity index is 1050. The van der Waals surface area contributed by atoms with Crippen LogP contribution in [0.4, 0.5) is 13.2 Å². The van der Waals surface area contributed by atoms with Gasteiger partial charge in [0, 0.05) is 29.1 Å². The molecule has 0 saturated heterocycles. The molecule has 1 aromatic carbocycles. The maximum atomic E-state index is 12.6. The molecule has 5 nitrogen and oxygen atoms in total. The molecule has 30 heavy (non-hydrogen) atoms. The van der Waals surface area contributed by atoms with Gasteiger partial charge in [0.25, 0.3) is 0 Å². The Morgan fingerprint density at radius 1 is 1.17 bits per heavy atom. The Morgan fingerprint density at radius 2 is 1.93 bits per heavy atom. The number of pyridine rings is 2. The lowest BCUT2D eigenvalue weighted by molar-refractivity contribution is -0.153. The molecule has 2 heterocycles. The maximum absolute atomic E-state index is 12.6. The first-order valence-electron chi connectivity index (χ1n) is 9.61. The number of carbonyl (C=O) groups is 1. The molecule has 0 spiro atoms. The number of hydrogen-bond donors (Lipinski definition) is 1. The number of alkyl halides is 3. The second-order valence-corrected chi connectivity index (χ2v) is 7.46. The molecule has 1 fully saturated rings. The highest BCUT2D eigenvalue weighted by Crippen LogP contribution is 2.47. The van der Waals surface area contributed by atoms with Crippen LogP contribution in [0.2, 0.25) is 0 Å². The van der Waals surface area contributed by atoms with Crippen molar-refractivity contribution < 1.29 is 22.7 Å². The summed E-state index contributed by atoms with van der Waals surface area (Å²) in [4.78, 5) is 21.2. The van der Waals surface area contributed by atoms with Gasteiger partial charge in [-0.05, 0) is 36.9 Å². The highest BCUT2D eigenvalue weighted by atomic mass is 19.4. The zero-order valence-electron chi connectivity index (χ0n) is 16.2. The van der Waals surface area contributed by atoms with Crippen molar-refractivity contribution in [2.24, 2.45) is 5.92 Å². The average Bonchev–Trinajstić information content (AvgIpc) is 3.53. The van der Waals surface area contributed by atoms with Gasteiger partial charge in [0.05, 0.1) is 17.9 Å². The monoisotopic (exact) mass is 415 g/mol. The topological polar surface area (TPSA) is 64.1 Å². The standard InChI is InChI=1S/C22H20F3N3O2/c1-13(19-7-6-16(11-27-19)30-12-22(23,24)25)28-21(29)18-9-17(18)20-8-14-4-2-3-5-15(14)10-26-20/h2-8,10-11,13,17-18H,9,12H2,1H3,(H,28,29)/t13?,17-,18-/m1/s1. The molecule has 3 atom stereocenters. The number of ether oxygens (including phenoxy) is 1. The van der Waals surface area contributed by atoms with Crippen LogP contribution in [0.5, 0.6) is 5.75 Å². The van der Waals surface area contributed by atoms with Gasteiger partial charge in [-0.3, -0.25) is 14.8 Å². The molecular formula is C22H20F3N3O2. The Labute approximate surface area is 171 Å². The predicted molar refractivity (Wildman–Crippen MR) is 105 cm³/mol. The van der Waals surface area contributed by atoms with Gasteiger partial charge in [0.1, 0.15) is 5.75 Å². The number of amides is 1. The van der Waals surface area contributed by atoms with E-state index >= 15 is 0 Å². The number of halogens is 3. The molecule has 2 aromatic heterocycles. The van der Waals surface area contributed by atoms with Crippen molar-refractivity contribution in [3.05, 3.63) is 66.2 Å². The van der Waals surface area contributed by atoms with Gasteiger partial charge >= 0.3 is 6.18 Å². The number of nitrogens with one attached hydrogen (secondary N) is 1. The Morgan fingerprint density at radius 3 is 2.63 bits per heavy atom. The predicted octanol–water partition coefficient (Wildman–Crippen LogP) is 4.55. The summed E-state index contributed by atoms with van der Waals surface area (Å²) >= 11 is 0. The van der Waals surface area contributed by atoms with E-state index in [9.17, 15) is 18.0 Å². The average molecular weight is 415 g/mol. The van der Waals surface area contributed by atoms with Crippen LogP contribution in [0.15, 0.2) is 54.9 Å². The normalized spacial score (nSPS) is 19.3. The van der Waals surface area contributed by atoms with Crippen molar-refractivity contribution in [1.82, 2.24) is 15.3 Å². The third-order valence-electron chi connectivity index (χ3n) is 5.12. The van der Waals surface area contributed by atoms with Gasteiger partial charge in [-0.25, -0.2) is 0 Å². The molecule has 4 rings (SSSR count). The fourth-order valence-corrected chi connectivity index (χ4v) is 3.41. The van der Waals surface area contributed by atoms with E-state index < -0.39 is 12.8 Å². The first-order valence-corrected chi connectivity index (χ1v) is 9.61. The van der Waals surface area contributed by atoms with Gasteiger partial charge in [-0.15, -0.1) is 0 Å². The summed E-state index contributed by atoms with van der Waals surface area (Å²) in [5.41, 5.74) is 1.45. The minimum Gasteiger partial charge on any atom is -0.483 e. The van der Waals surface area contributed by atoms with Crippen molar-refractivity contribution in [3.8, 4) is 5.75 Å². The van der Waals surface area contributed by atoms with Crippen molar-refractivity contribution >= 4 is 16.7 Å². The van der Waals surface area contributed by atoms with Crippen LogP contribution in [-0.2, 0) is 4.79 Å². The lowest BCUT2D eigenvalue weighted by Crippen LogP contribution is -2.29. The van der Waals surface area contributed by atoms with Crippen LogP contribution in [0.25, 0.3) is 10.8 Å². The van der Waals surface area contributed by atoms with Gasteiger partial charge in [-0.2, -0.15) is 13.2 Å². The van der Waals surface area contributed by atoms with Crippen molar-refractivity contribution in [2.45, 2.75) is 31.5 Å². The molecule has 1 N–H and O–H groups in total. The molecule has 156 valence electrons. The molecular weight excluding hydrogens is 395 g/mol. The molecule has 1 aliphatic carbocycles. The van der Waals surface area contributed by atoms with E-state index in [0.29, 0.717) is 5.69 Å². The van der Waals surface area contributed by atoms with Crippen LogP contribution in [0.3, 0.4) is 0 Å². The summed E-state index contributed by atoms with van der Waals surface area (Å²) < 4.78 is 41.3. The van der Waals surface area contributed by atoms with E-state index in [2.05, 4.69) is 20.0 Å². The number of hydrogen-bond acceptors (Lipinski definition) is 4. The fraction of sp³-hybridized carbons (Fsp3) is 0.318. The zero-order chi connectivity index (χ0) is 21.3. The van der Waals surface area contributed by atoms with Crippen LogP contribution in [0.1, 0.15) is 36.7 Å². The summed E-state index contributed by atoms with van der Waals surface area (Å²) in [5, 5.41) is 5.08. The van der Waals surface area contributed by atoms with E-state index in [1.54, 1.807) is 13.0 Å². The molecule has 3 aromatic rings. The van der Waals surface area contributed by atoms with E-state index in [1.165, 1.54) is 12.3 Å². The smallest absolute Gasteiger partial charge is 0.422 e. The number of rotatable bonds is 6. The first-order chi connectivity index (χ1) is 14.3. The second kappa shape index (κ2) is 7.93. The third-order valence-corrected chi connectivity index (χ3v) is 5.12. The number of aromatic nitrogens is 2. The third kappa shape index (κ3) is 4.69. The lowest BCUT2D eigenvalue weighted by atomic mass is 10.1. The molecule has 0 bridgehead atoms. The van der Waals surface area contributed by atoms with Gasteiger partial charge < -0.3 is 10.1 Å². The number of fused-ring (bicyclic) bond motifs is 1. The zero-order valence-corrected chi connectivity index (χ0v) is 16.2. The van der Waals surface area contributed by atoms with Crippen LogP contribution in [-0.4, -0.2) is 28.7 Å². The van der Waals surface area contributed by atoms with E-state index in [0.717, 1.165) is 22.9 Å². The molecule has 1 aliphatic rings. The maximum Gasteiger partial charge on any atom is 0.422 e. The summed E-state index contributed by atoms with van der Waals surface area (Å²) in [7, 11) is 0. The minimum atomic E-state index is -4.40. The Hall–Kier alpha value is -3.16. The fourth-order valence-electron chi connectivity index (χ4n) is 3.41. The second-order valence-electron chi connectivity index (χ2n) is 7.46.